The van der Waals surface area contributed by atoms with E-state index < -0.39 is 12.1 Å². The molecule has 5 heteroatoms. The van der Waals surface area contributed by atoms with Crippen LogP contribution in [0.4, 0.5) is 13.2 Å². The van der Waals surface area contributed by atoms with Crippen LogP contribution in [0.1, 0.15) is 67.2 Å². The van der Waals surface area contributed by atoms with Gasteiger partial charge in [0.2, 0.25) is 0 Å². The molecule has 0 aromatic rings. The smallest absolute Gasteiger partial charge is 0.260 e. The number of hydrogen-bond acceptors (Lipinski definition) is 2. The van der Waals surface area contributed by atoms with Crippen LogP contribution in [0.2, 0.25) is 0 Å². The fourth-order valence-corrected chi connectivity index (χ4v) is 2.70. The van der Waals surface area contributed by atoms with Crippen molar-refractivity contribution in [2.75, 3.05) is 26.2 Å². The third-order valence-electron chi connectivity index (χ3n) is 3.70. The van der Waals surface area contributed by atoms with E-state index in [2.05, 4.69) is 17.6 Å². The van der Waals surface area contributed by atoms with Crippen molar-refractivity contribution in [2.45, 2.75) is 79.3 Å². The summed E-state index contributed by atoms with van der Waals surface area (Å²) in [4.78, 5) is 0. The average molecular weight is 341 g/mol. The molecule has 0 saturated carbocycles. The van der Waals surface area contributed by atoms with Crippen LogP contribution in [0.15, 0.2) is 0 Å². The van der Waals surface area contributed by atoms with Crippen LogP contribution < -0.4 is 10.6 Å². The molecule has 0 radical (unpaired) electrons. The minimum Gasteiger partial charge on any atom is -0.316 e. The van der Waals surface area contributed by atoms with Crippen molar-refractivity contribution in [3.63, 3.8) is 0 Å². The van der Waals surface area contributed by atoms with Gasteiger partial charge in [-0.1, -0.05) is 48.0 Å². The Morgan fingerprint density at radius 3 is 2.04 bits per heavy atom. The minimum atomic E-state index is -2.46. The Balaban J connectivity index is 0. The molecule has 2 N–H and O–H groups in total. The average Bonchev–Trinajstić information content (AvgIpc) is 2.53. The summed E-state index contributed by atoms with van der Waals surface area (Å²) in [5, 5.41) is 5.88. The summed E-state index contributed by atoms with van der Waals surface area (Å²) in [5.41, 5.74) is 0. The molecule has 142 valence electrons. The van der Waals surface area contributed by atoms with Crippen molar-refractivity contribution in [2.24, 2.45) is 11.8 Å². The summed E-state index contributed by atoms with van der Waals surface area (Å²) in [6.45, 7) is 14.3. The molecular formula is C18H39F3N2. The van der Waals surface area contributed by atoms with E-state index in [-0.39, 0.29) is 18.9 Å². The van der Waals surface area contributed by atoms with Gasteiger partial charge in [0.15, 0.2) is 0 Å². The first-order valence-electron chi connectivity index (χ1n) is 9.38. The van der Waals surface area contributed by atoms with E-state index in [1.165, 1.54) is 0 Å². The van der Waals surface area contributed by atoms with E-state index in [9.17, 15) is 13.2 Å². The molecule has 0 bridgehead atoms. The van der Waals surface area contributed by atoms with Gasteiger partial charge in [-0.15, -0.1) is 0 Å². The largest absolute Gasteiger partial charge is 0.316 e. The SMILES string of the molecule is CC.CC.CC1CNCC(F)(F)C1.CCCC1CNCCC1F. The summed E-state index contributed by atoms with van der Waals surface area (Å²) in [7, 11) is 0. The van der Waals surface area contributed by atoms with Crippen LogP contribution in [0.3, 0.4) is 0 Å². The van der Waals surface area contributed by atoms with Crippen LogP contribution >= 0.6 is 0 Å². The first-order chi connectivity index (χ1) is 10.9. The van der Waals surface area contributed by atoms with Gasteiger partial charge in [-0.05, 0) is 31.8 Å². The molecule has 0 aliphatic carbocycles. The van der Waals surface area contributed by atoms with E-state index in [1.54, 1.807) is 0 Å². The van der Waals surface area contributed by atoms with E-state index >= 15 is 0 Å². The fraction of sp³-hybridized carbons (Fsp3) is 1.00. The monoisotopic (exact) mass is 340 g/mol. The van der Waals surface area contributed by atoms with Gasteiger partial charge in [0.05, 0.1) is 6.54 Å². The van der Waals surface area contributed by atoms with Gasteiger partial charge in [0.1, 0.15) is 6.17 Å². The highest BCUT2D eigenvalue weighted by Gasteiger charge is 2.33. The highest BCUT2D eigenvalue weighted by Crippen LogP contribution is 2.25. The van der Waals surface area contributed by atoms with Crippen LogP contribution in [-0.4, -0.2) is 38.3 Å². The number of alkyl halides is 3. The first-order valence-corrected chi connectivity index (χ1v) is 9.38. The minimum absolute atomic E-state index is 0.0417. The molecule has 0 spiro atoms. The third kappa shape index (κ3) is 12.8. The van der Waals surface area contributed by atoms with Crippen molar-refractivity contribution in [3.05, 3.63) is 0 Å². The summed E-state index contributed by atoms with van der Waals surface area (Å²) in [6.07, 6.45) is 2.35. The zero-order valence-corrected chi connectivity index (χ0v) is 16.0. The predicted molar refractivity (Wildman–Crippen MR) is 95.1 cm³/mol. The Kier molecular flexibility index (Phi) is 16.5. The Labute approximate surface area is 142 Å². The molecular weight excluding hydrogens is 301 g/mol. The normalized spacial score (nSPS) is 28.8. The number of halogens is 3. The Morgan fingerprint density at radius 1 is 1.04 bits per heavy atom. The van der Waals surface area contributed by atoms with E-state index in [4.69, 9.17) is 0 Å². The van der Waals surface area contributed by atoms with Crippen molar-refractivity contribution in [1.29, 1.82) is 0 Å². The molecule has 2 rings (SSSR count). The van der Waals surface area contributed by atoms with Gasteiger partial charge in [-0.25, -0.2) is 13.2 Å². The maximum Gasteiger partial charge on any atom is 0.260 e. The summed E-state index contributed by atoms with van der Waals surface area (Å²) in [6, 6.07) is 0. The molecule has 2 fully saturated rings. The molecule has 0 aromatic carbocycles. The van der Waals surface area contributed by atoms with Crippen molar-refractivity contribution < 1.29 is 13.2 Å². The quantitative estimate of drug-likeness (QED) is 0.736. The van der Waals surface area contributed by atoms with Gasteiger partial charge in [-0.3, -0.25) is 0 Å². The van der Waals surface area contributed by atoms with Crippen LogP contribution in [-0.2, 0) is 0 Å². The zero-order valence-electron chi connectivity index (χ0n) is 16.0. The number of rotatable bonds is 2. The summed E-state index contributed by atoms with van der Waals surface area (Å²) >= 11 is 0. The third-order valence-corrected chi connectivity index (χ3v) is 3.70. The lowest BCUT2D eigenvalue weighted by atomic mass is 9.93. The van der Waals surface area contributed by atoms with E-state index in [0.717, 1.165) is 32.5 Å². The molecule has 2 nitrogen and oxygen atoms in total. The summed E-state index contributed by atoms with van der Waals surface area (Å²) in [5.74, 6) is -2.05. The van der Waals surface area contributed by atoms with Crippen LogP contribution in [0.5, 0.6) is 0 Å². The lowest BCUT2D eigenvalue weighted by Gasteiger charge is -2.26. The van der Waals surface area contributed by atoms with Crippen LogP contribution in [0, 0.1) is 11.8 Å². The van der Waals surface area contributed by atoms with Crippen LogP contribution in [0.25, 0.3) is 0 Å². The van der Waals surface area contributed by atoms with E-state index in [1.807, 2.05) is 34.6 Å². The molecule has 23 heavy (non-hydrogen) atoms. The van der Waals surface area contributed by atoms with Gasteiger partial charge in [-0.2, -0.15) is 0 Å². The van der Waals surface area contributed by atoms with Gasteiger partial charge in [0, 0.05) is 18.9 Å². The topological polar surface area (TPSA) is 24.1 Å². The highest BCUT2D eigenvalue weighted by molar-refractivity contribution is 4.79. The molecule has 2 aliphatic heterocycles. The van der Waals surface area contributed by atoms with Crippen molar-refractivity contribution in [1.82, 2.24) is 10.6 Å². The zero-order chi connectivity index (χ0) is 18.3. The number of piperidine rings is 2. The second-order valence-corrected chi connectivity index (χ2v) is 5.85. The van der Waals surface area contributed by atoms with Gasteiger partial charge in [0.25, 0.3) is 5.92 Å². The second kappa shape index (κ2) is 15.3. The molecule has 3 unspecified atom stereocenters. The fourth-order valence-electron chi connectivity index (χ4n) is 2.70. The lowest BCUT2D eigenvalue weighted by molar-refractivity contribution is -0.0362. The van der Waals surface area contributed by atoms with Crippen molar-refractivity contribution in [3.8, 4) is 0 Å². The second-order valence-electron chi connectivity index (χ2n) is 5.85. The number of hydrogen-bond donors (Lipinski definition) is 2. The Hall–Kier alpha value is -0.290. The molecule has 0 amide bonds. The maximum atomic E-state index is 13.0. The van der Waals surface area contributed by atoms with E-state index in [0.29, 0.717) is 12.3 Å². The summed E-state index contributed by atoms with van der Waals surface area (Å²) < 4.78 is 37.8. The Morgan fingerprint density at radius 2 is 1.65 bits per heavy atom. The molecule has 3 atom stereocenters. The lowest BCUT2D eigenvalue weighted by Crippen LogP contribution is -2.42. The van der Waals surface area contributed by atoms with Crippen molar-refractivity contribution >= 4 is 0 Å². The standard InChI is InChI=1S/C8H16FN.C6H11F2N.2C2H6/c1-2-3-7-6-10-5-4-8(7)9;1-5-2-6(7,8)4-9-3-5;2*1-2/h7-8,10H,2-6H2,1H3;5,9H,2-4H2,1H3;2*1-2H3. The molecule has 0 aromatic heterocycles. The maximum absolute atomic E-state index is 13.0. The highest BCUT2D eigenvalue weighted by atomic mass is 19.3. The van der Waals surface area contributed by atoms with Gasteiger partial charge < -0.3 is 10.6 Å². The first kappa shape index (κ1) is 25.0. The molecule has 2 aliphatic rings. The number of nitrogens with one attached hydrogen (secondary N) is 2. The predicted octanol–water partition coefficient (Wildman–Crippen LogP) is 5.04. The molecule has 2 saturated heterocycles. The van der Waals surface area contributed by atoms with Gasteiger partial charge >= 0.3 is 0 Å². The Bertz CT molecular complexity index is 248. The molecule has 2 heterocycles.